The Balaban J connectivity index is 2.95. The van der Waals surface area contributed by atoms with E-state index < -0.39 is 0 Å². The zero-order chi connectivity index (χ0) is 11.0. The second kappa shape index (κ2) is 3.70. The Kier molecular flexibility index (Phi) is 2.52. The fourth-order valence-electron chi connectivity index (χ4n) is 1.53. The number of benzene rings is 1. The molecule has 0 aliphatic rings. The molecule has 0 fully saturated rings. The van der Waals surface area contributed by atoms with Crippen LogP contribution in [0.3, 0.4) is 0 Å². The van der Waals surface area contributed by atoms with Crippen LogP contribution in [-0.4, -0.2) is 17.2 Å². The molecule has 2 aromatic rings. The van der Waals surface area contributed by atoms with E-state index in [-0.39, 0.29) is 5.75 Å². The number of fused-ring (bicyclic) bond motifs is 1. The second-order valence-corrected chi connectivity index (χ2v) is 4.11. The van der Waals surface area contributed by atoms with E-state index in [4.69, 9.17) is 4.74 Å². The number of halogens is 1. The first-order valence-electron chi connectivity index (χ1n) is 4.46. The number of phenols is 1. The molecule has 0 radical (unpaired) electrons. The van der Waals surface area contributed by atoms with Crippen molar-refractivity contribution in [2.24, 2.45) is 0 Å². The molecule has 1 aromatic heterocycles. The van der Waals surface area contributed by atoms with Crippen molar-refractivity contribution in [3.63, 3.8) is 0 Å². The summed E-state index contributed by atoms with van der Waals surface area (Å²) >= 11 is 3.42. The smallest absolute Gasteiger partial charge is 0.142 e. The first-order valence-corrected chi connectivity index (χ1v) is 5.25. The van der Waals surface area contributed by atoms with Crippen molar-refractivity contribution in [2.75, 3.05) is 7.11 Å². The summed E-state index contributed by atoms with van der Waals surface area (Å²) < 4.78 is 6.12. The van der Waals surface area contributed by atoms with Gasteiger partial charge in [-0.25, -0.2) is 4.98 Å². The van der Waals surface area contributed by atoms with Crippen LogP contribution >= 0.6 is 15.9 Å². The minimum absolute atomic E-state index is 0.162. The molecule has 0 atom stereocenters. The lowest BCUT2D eigenvalue weighted by Gasteiger charge is -2.09. The van der Waals surface area contributed by atoms with Crippen molar-refractivity contribution in [1.82, 2.24) is 4.98 Å². The predicted octanol–water partition coefficient (Wildman–Crippen LogP) is 3.02. The highest BCUT2D eigenvalue weighted by atomic mass is 79.9. The van der Waals surface area contributed by atoms with E-state index in [9.17, 15) is 5.11 Å². The van der Waals surface area contributed by atoms with Gasteiger partial charge in [-0.2, -0.15) is 0 Å². The van der Waals surface area contributed by atoms with Crippen molar-refractivity contribution in [3.8, 4) is 11.5 Å². The third kappa shape index (κ3) is 1.65. The van der Waals surface area contributed by atoms with E-state index in [1.54, 1.807) is 19.2 Å². The fraction of sp³-hybridized carbons (Fsp3) is 0.182. The fourth-order valence-corrected chi connectivity index (χ4v) is 2.05. The zero-order valence-corrected chi connectivity index (χ0v) is 10.00. The molecular formula is C11H10BrNO2. The largest absolute Gasteiger partial charge is 0.506 e. The summed E-state index contributed by atoms with van der Waals surface area (Å²) in [5.74, 6) is 0.871. The quantitative estimate of drug-likeness (QED) is 0.864. The maximum Gasteiger partial charge on any atom is 0.142 e. The van der Waals surface area contributed by atoms with Crippen molar-refractivity contribution in [3.05, 3.63) is 28.4 Å². The van der Waals surface area contributed by atoms with Crippen LogP contribution in [0.25, 0.3) is 10.9 Å². The summed E-state index contributed by atoms with van der Waals surface area (Å²) in [5, 5.41) is 10.5. The van der Waals surface area contributed by atoms with Crippen LogP contribution in [0.2, 0.25) is 0 Å². The molecule has 4 heteroatoms. The average Bonchev–Trinajstić information content (AvgIpc) is 2.22. The van der Waals surface area contributed by atoms with Gasteiger partial charge in [-0.1, -0.05) is 0 Å². The lowest BCUT2D eigenvalue weighted by molar-refractivity contribution is 0.418. The molecule has 3 nitrogen and oxygen atoms in total. The van der Waals surface area contributed by atoms with Crippen molar-refractivity contribution < 1.29 is 9.84 Å². The summed E-state index contributed by atoms with van der Waals surface area (Å²) in [6, 6.07) is 5.22. The highest BCUT2D eigenvalue weighted by Crippen LogP contribution is 2.36. The van der Waals surface area contributed by atoms with Gasteiger partial charge >= 0.3 is 0 Å². The number of methoxy groups -OCH3 is 1. The van der Waals surface area contributed by atoms with Gasteiger partial charge in [0.15, 0.2) is 0 Å². The normalized spacial score (nSPS) is 10.6. The second-order valence-electron chi connectivity index (χ2n) is 3.26. The molecule has 0 saturated heterocycles. The van der Waals surface area contributed by atoms with Crippen LogP contribution < -0.4 is 4.74 Å². The van der Waals surface area contributed by atoms with E-state index in [1.165, 1.54) is 0 Å². The summed E-state index contributed by atoms with van der Waals surface area (Å²) in [7, 11) is 1.60. The number of hydrogen-bond donors (Lipinski definition) is 1. The first-order chi connectivity index (χ1) is 7.13. The molecule has 15 heavy (non-hydrogen) atoms. The number of ether oxygens (including phenoxy) is 1. The van der Waals surface area contributed by atoms with Gasteiger partial charge in [0.25, 0.3) is 0 Å². The minimum Gasteiger partial charge on any atom is -0.506 e. The number of aryl methyl sites for hydroxylation is 1. The summed E-state index contributed by atoms with van der Waals surface area (Å²) in [4.78, 5) is 4.28. The minimum atomic E-state index is 0.162. The zero-order valence-electron chi connectivity index (χ0n) is 8.41. The first kappa shape index (κ1) is 10.2. The highest BCUT2D eigenvalue weighted by molar-refractivity contribution is 9.10. The van der Waals surface area contributed by atoms with Crippen LogP contribution in [0.4, 0.5) is 0 Å². The van der Waals surface area contributed by atoms with Crippen LogP contribution in [0.5, 0.6) is 11.5 Å². The van der Waals surface area contributed by atoms with Gasteiger partial charge < -0.3 is 9.84 Å². The maximum atomic E-state index is 9.70. The molecule has 0 bridgehead atoms. The van der Waals surface area contributed by atoms with Gasteiger partial charge in [0, 0.05) is 16.2 Å². The monoisotopic (exact) mass is 267 g/mol. The van der Waals surface area contributed by atoms with Gasteiger partial charge in [0.05, 0.1) is 12.5 Å². The number of aromatic nitrogens is 1. The molecular weight excluding hydrogens is 258 g/mol. The molecule has 0 unspecified atom stereocenters. The van der Waals surface area contributed by atoms with Crippen molar-refractivity contribution in [2.45, 2.75) is 6.92 Å². The molecule has 0 aliphatic heterocycles. The van der Waals surface area contributed by atoms with Gasteiger partial charge in [-0.3, -0.25) is 0 Å². The van der Waals surface area contributed by atoms with Crippen LogP contribution in [-0.2, 0) is 0 Å². The molecule has 2 rings (SSSR count). The number of phenolic OH excluding ortho intramolecular Hbond substituents is 1. The van der Waals surface area contributed by atoms with Crippen molar-refractivity contribution >= 4 is 26.8 Å². The Morgan fingerprint density at radius 2 is 2.13 bits per heavy atom. The van der Waals surface area contributed by atoms with Gasteiger partial charge in [0.2, 0.25) is 0 Å². The Labute approximate surface area is 95.8 Å². The molecule has 1 aromatic carbocycles. The van der Waals surface area contributed by atoms with Gasteiger partial charge in [-0.05, 0) is 35.0 Å². The number of nitrogens with zero attached hydrogens (tertiary/aromatic N) is 1. The third-order valence-corrected chi connectivity index (χ3v) is 2.86. The maximum absolute atomic E-state index is 9.70. The number of rotatable bonds is 1. The third-order valence-electron chi connectivity index (χ3n) is 2.20. The molecule has 0 aliphatic carbocycles. The Morgan fingerprint density at radius 1 is 1.40 bits per heavy atom. The van der Waals surface area contributed by atoms with Crippen LogP contribution in [0.15, 0.2) is 22.7 Å². The summed E-state index contributed by atoms with van der Waals surface area (Å²) in [6.45, 7) is 1.86. The predicted molar refractivity (Wildman–Crippen MR) is 62.4 cm³/mol. The number of pyridine rings is 1. The average molecular weight is 268 g/mol. The number of hydrogen-bond acceptors (Lipinski definition) is 3. The lowest BCUT2D eigenvalue weighted by Crippen LogP contribution is -1.91. The lowest BCUT2D eigenvalue weighted by atomic mass is 10.1. The summed E-state index contributed by atoms with van der Waals surface area (Å²) in [5.41, 5.74) is 1.37. The molecule has 1 N–H and O–H groups in total. The molecule has 78 valence electrons. The Morgan fingerprint density at radius 3 is 2.80 bits per heavy atom. The number of aromatic hydroxyl groups is 1. The topological polar surface area (TPSA) is 42.4 Å². The van der Waals surface area contributed by atoms with E-state index >= 15 is 0 Å². The standard InChI is InChI=1S/C11H10BrNO2/c1-6-5-9(15-2)10-7(12)3-4-8(14)11(10)13-6/h3-5,14H,1-2H3. The van der Waals surface area contributed by atoms with Gasteiger partial charge in [0.1, 0.15) is 17.0 Å². The van der Waals surface area contributed by atoms with Crippen LogP contribution in [0, 0.1) is 6.92 Å². The van der Waals surface area contributed by atoms with Gasteiger partial charge in [-0.15, -0.1) is 0 Å². The van der Waals surface area contributed by atoms with E-state index in [0.717, 1.165) is 15.6 Å². The Hall–Kier alpha value is -1.29. The molecule has 0 spiro atoms. The van der Waals surface area contributed by atoms with E-state index in [0.29, 0.717) is 11.3 Å². The van der Waals surface area contributed by atoms with E-state index in [2.05, 4.69) is 20.9 Å². The molecule has 0 amide bonds. The SMILES string of the molecule is COc1cc(C)nc2c(O)ccc(Br)c12. The van der Waals surface area contributed by atoms with Crippen LogP contribution in [0.1, 0.15) is 5.69 Å². The highest BCUT2D eigenvalue weighted by Gasteiger charge is 2.11. The summed E-state index contributed by atoms with van der Waals surface area (Å²) in [6.07, 6.45) is 0. The molecule has 1 heterocycles. The van der Waals surface area contributed by atoms with E-state index in [1.807, 2.05) is 13.0 Å². The molecule has 0 saturated carbocycles. The Bertz CT molecular complexity index is 525. The van der Waals surface area contributed by atoms with Crippen molar-refractivity contribution in [1.29, 1.82) is 0 Å².